The SMILES string of the molecule is O=C(O)C=C1N=C2C(=O)C=CCC2=C(C(=O)c2ccccc2)[NH+]1[O-]. The number of nitrogens with one attached hydrogen (secondary N) is 1. The summed E-state index contributed by atoms with van der Waals surface area (Å²) in [5, 5.41) is 20.7. The molecule has 120 valence electrons. The van der Waals surface area contributed by atoms with Crippen molar-refractivity contribution < 1.29 is 24.6 Å². The van der Waals surface area contributed by atoms with Crippen molar-refractivity contribution in [1.82, 2.24) is 0 Å². The molecule has 0 spiro atoms. The molecule has 0 radical (unpaired) electrons. The van der Waals surface area contributed by atoms with Crippen molar-refractivity contribution in [3.8, 4) is 0 Å². The number of carbonyl (C=O) groups is 3. The minimum absolute atomic E-state index is 0.0520. The number of carboxylic acids is 1. The highest BCUT2D eigenvalue weighted by Crippen LogP contribution is 2.22. The van der Waals surface area contributed by atoms with E-state index in [1.54, 1.807) is 36.4 Å². The lowest BCUT2D eigenvalue weighted by molar-refractivity contribution is -0.758. The maximum Gasteiger partial charge on any atom is 0.336 e. The van der Waals surface area contributed by atoms with Crippen molar-refractivity contribution in [2.45, 2.75) is 6.42 Å². The Balaban J connectivity index is 2.18. The molecule has 0 saturated heterocycles. The highest BCUT2D eigenvalue weighted by atomic mass is 16.5. The van der Waals surface area contributed by atoms with Gasteiger partial charge >= 0.3 is 5.97 Å². The van der Waals surface area contributed by atoms with Gasteiger partial charge in [-0.2, -0.15) is 4.99 Å². The Labute approximate surface area is 136 Å². The number of aliphatic carboxylic acids is 1. The summed E-state index contributed by atoms with van der Waals surface area (Å²) >= 11 is 0. The van der Waals surface area contributed by atoms with Crippen molar-refractivity contribution in [2.24, 2.45) is 4.99 Å². The third-order valence-corrected chi connectivity index (χ3v) is 3.63. The third kappa shape index (κ3) is 2.73. The number of fused-ring (bicyclic) bond motifs is 1. The van der Waals surface area contributed by atoms with Gasteiger partial charge in [-0.15, -0.1) is 0 Å². The van der Waals surface area contributed by atoms with Gasteiger partial charge in [0.15, 0.2) is 5.70 Å². The fourth-order valence-electron chi connectivity index (χ4n) is 2.58. The van der Waals surface area contributed by atoms with E-state index in [9.17, 15) is 19.6 Å². The number of rotatable bonds is 3. The topological polar surface area (TPSA) is 111 Å². The number of hydroxylamine groups is 2. The summed E-state index contributed by atoms with van der Waals surface area (Å²) < 4.78 is 0. The zero-order valence-electron chi connectivity index (χ0n) is 12.4. The van der Waals surface area contributed by atoms with Crippen molar-refractivity contribution in [1.29, 1.82) is 0 Å². The summed E-state index contributed by atoms with van der Waals surface area (Å²) in [5.74, 6) is -2.82. The minimum atomic E-state index is -1.38. The molecule has 1 aliphatic heterocycles. The molecule has 1 aliphatic carbocycles. The number of carboxylic acid groups (broad SMARTS) is 1. The Morgan fingerprint density at radius 2 is 1.96 bits per heavy atom. The number of hydrogen-bond donors (Lipinski definition) is 2. The Bertz CT molecular complexity index is 862. The number of nitrogens with zero attached hydrogens (tertiary/aromatic N) is 1. The Morgan fingerprint density at radius 1 is 1.25 bits per heavy atom. The van der Waals surface area contributed by atoms with Crippen molar-refractivity contribution in [3.05, 3.63) is 76.4 Å². The molecule has 1 aromatic carbocycles. The Hall–Kier alpha value is -3.16. The summed E-state index contributed by atoms with van der Waals surface area (Å²) in [4.78, 5) is 39.6. The average molecular weight is 324 g/mol. The molecule has 0 saturated carbocycles. The summed E-state index contributed by atoms with van der Waals surface area (Å²) in [6, 6.07) is 8.14. The maximum absolute atomic E-state index is 12.8. The zero-order chi connectivity index (χ0) is 17.3. The van der Waals surface area contributed by atoms with Crippen molar-refractivity contribution in [2.75, 3.05) is 0 Å². The van der Waals surface area contributed by atoms with E-state index in [2.05, 4.69) is 4.99 Å². The molecule has 0 aromatic heterocycles. The first-order valence-electron chi connectivity index (χ1n) is 7.11. The second kappa shape index (κ2) is 6.15. The average Bonchev–Trinajstić information content (AvgIpc) is 2.56. The molecule has 7 heteroatoms. The van der Waals surface area contributed by atoms with E-state index >= 15 is 0 Å². The van der Waals surface area contributed by atoms with Crippen LogP contribution in [0.5, 0.6) is 0 Å². The van der Waals surface area contributed by atoms with Crippen LogP contribution >= 0.6 is 0 Å². The first-order valence-corrected chi connectivity index (χ1v) is 7.11. The number of carbonyl (C=O) groups excluding carboxylic acids is 2. The van der Waals surface area contributed by atoms with Crippen LogP contribution < -0.4 is 5.06 Å². The van der Waals surface area contributed by atoms with E-state index in [1.165, 1.54) is 6.08 Å². The molecule has 3 rings (SSSR count). The number of ketones is 2. The van der Waals surface area contributed by atoms with E-state index in [4.69, 9.17) is 5.11 Å². The molecule has 0 amide bonds. The lowest BCUT2D eigenvalue weighted by atomic mass is 9.91. The van der Waals surface area contributed by atoms with E-state index in [-0.39, 0.29) is 29.0 Å². The second-order valence-corrected chi connectivity index (χ2v) is 5.18. The molecular weight excluding hydrogens is 312 g/mol. The van der Waals surface area contributed by atoms with Gasteiger partial charge in [-0.05, 0) is 12.5 Å². The standard InChI is InChI=1S/C17H12N2O5/c20-12-8-4-7-11-15(12)18-13(9-14(21)22)19(24)16(11)17(23)10-5-2-1-3-6-10/h1-6,8-9,19H,7H2,(H,21,22). The maximum atomic E-state index is 12.8. The molecule has 24 heavy (non-hydrogen) atoms. The summed E-state index contributed by atoms with van der Waals surface area (Å²) in [6.45, 7) is 0. The van der Waals surface area contributed by atoms with Gasteiger partial charge in [0.1, 0.15) is 11.8 Å². The van der Waals surface area contributed by atoms with Gasteiger partial charge in [0.05, 0.1) is 5.57 Å². The Morgan fingerprint density at radius 3 is 2.62 bits per heavy atom. The van der Waals surface area contributed by atoms with E-state index in [0.717, 1.165) is 0 Å². The quantitative estimate of drug-likeness (QED) is 0.475. The van der Waals surface area contributed by atoms with Gasteiger partial charge < -0.3 is 10.3 Å². The van der Waals surface area contributed by atoms with E-state index in [1.807, 2.05) is 0 Å². The number of hydrogen-bond acceptors (Lipinski definition) is 5. The first-order chi connectivity index (χ1) is 11.5. The number of Topliss-reactive ketones (excluding diaryl/α,β-unsaturated/α-hetero) is 1. The van der Waals surface area contributed by atoms with Crippen LogP contribution in [-0.4, -0.2) is 28.4 Å². The number of aliphatic imine (C=N–C) groups is 1. The van der Waals surface area contributed by atoms with Crippen LogP contribution in [0.3, 0.4) is 0 Å². The van der Waals surface area contributed by atoms with Gasteiger partial charge in [0.25, 0.3) is 0 Å². The fourth-order valence-corrected chi connectivity index (χ4v) is 2.58. The van der Waals surface area contributed by atoms with Crippen LogP contribution in [0.1, 0.15) is 16.8 Å². The van der Waals surface area contributed by atoms with Gasteiger partial charge in [-0.1, -0.05) is 36.4 Å². The zero-order valence-corrected chi connectivity index (χ0v) is 12.4. The Kier molecular flexibility index (Phi) is 4.03. The third-order valence-electron chi connectivity index (χ3n) is 3.63. The second-order valence-electron chi connectivity index (χ2n) is 5.18. The molecule has 1 unspecified atom stereocenters. The van der Waals surface area contributed by atoms with Crippen LogP contribution in [0.4, 0.5) is 0 Å². The summed E-state index contributed by atoms with van der Waals surface area (Å²) in [6.07, 6.45) is 3.66. The highest BCUT2D eigenvalue weighted by Gasteiger charge is 2.36. The molecule has 1 heterocycles. The molecule has 1 atom stereocenters. The van der Waals surface area contributed by atoms with E-state index in [0.29, 0.717) is 6.08 Å². The molecule has 1 aromatic rings. The molecule has 7 nitrogen and oxygen atoms in total. The minimum Gasteiger partial charge on any atom is -0.622 e. The number of allylic oxidation sites excluding steroid dienone is 4. The first kappa shape index (κ1) is 15.7. The predicted octanol–water partition coefficient (Wildman–Crippen LogP) is 0.416. The van der Waals surface area contributed by atoms with E-state index < -0.39 is 28.4 Å². The van der Waals surface area contributed by atoms with Crippen molar-refractivity contribution in [3.63, 3.8) is 0 Å². The molecule has 0 bridgehead atoms. The number of benzene rings is 1. The predicted molar refractivity (Wildman–Crippen MR) is 84.0 cm³/mol. The van der Waals surface area contributed by atoms with Crippen molar-refractivity contribution >= 4 is 23.2 Å². The summed E-state index contributed by atoms with van der Waals surface area (Å²) in [5.41, 5.74) is 0.274. The monoisotopic (exact) mass is 324 g/mol. The molecule has 2 N–H and O–H groups in total. The van der Waals surface area contributed by atoms with Gasteiger partial charge in [0, 0.05) is 5.56 Å². The smallest absolute Gasteiger partial charge is 0.336 e. The van der Waals surface area contributed by atoms with Gasteiger partial charge in [0.2, 0.25) is 17.4 Å². The normalized spacial score (nSPS) is 21.5. The van der Waals surface area contributed by atoms with Gasteiger partial charge in [-0.25, -0.2) is 4.79 Å². The summed E-state index contributed by atoms with van der Waals surface area (Å²) in [7, 11) is 0. The number of quaternary nitrogens is 1. The fraction of sp³-hybridized carbons (Fsp3) is 0.0588. The largest absolute Gasteiger partial charge is 0.622 e. The highest BCUT2D eigenvalue weighted by molar-refractivity contribution is 6.51. The lowest BCUT2D eigenvalue weighted by Gasteiger charge is -2.30. The van der Waals surface area contributed by atoms with Crippen LogP contribution in [0.2, 0.25) is 0 Å². The van der Waals surface area contributed by atoms with Crippen LogP contribution in [0.25, 0.3) is 0 Å². The molecular formula is C17H12N2O5. The van der Waals surface area contributed by atoms with Crippen LogP contribution in [0, 0.1) is 5.21 Å². The van der Waals surface area contributed by atoms with Crippen LogP contribution in [0.15, 0.2) is 70.6 Å². The molecule has 2 aliphatic rings. The van der Waals surface area contributed by atoms with Gasteiger partial charge in [-0.3, -0.25) is 14.7 Å². The van der Waals surface area contributed by atoms with Crippen LogP contribution in [-0.2, 0) is 9.59 Å². The molecule has 0 fully saturated rings. The lowest BCUT2D eigenvalue weighted by Crippen LogP contribution is -3.05.